The first kappa shape index (κ1) is 28.5. The summed E-state index contributed by atoms with van der Waals surface area (Å²) in [7, 11) is 0. The van der Waals surface area contributed by atoms with Crippen LogP contribution in [0.5, 0.6) is 5.75 Å². The van der Waals surface area contributed by atoms with Crippen molar-refractivity contribution in [1.29, 1.82) is 0 Å². The van der Waals surface area contributed by atoms with Gasteiger partial charge in [0.2, 0.25) is 5.91 Å². The number of rotatable bonds is 9. The third-order valence-corrected chi connectivity index (χ3v) is 7.04. The predicted molar refractivity (Wildman–Crippen MR) is 143 cm³/mol. The minimum Gasteiger partial charge on any atom is -0.483 e. The van der Waals surface area contributed by atoms with Gasteiger partial charge in [0.1, 0.15) is 11.8 Å². The maximum atomic E-state index is 13.3. The summed E-state index contributed by atoms with van der Waals surface area (Å²) in [5, 5.41) is 3.80. The molecule has 2 aromatic rings. The minimum absolute atomic E-state index is 0.00987. The number of carbonyl (C=O) groups excluding carboxylic acids is 2. The fourth-order valence-corrected chi connectivity index (χ4v) is 4.22. The van der Waals surface area contributed by atoms with E-state index in [1.54, 1.807) is 25.1 Å². The molecule has 0 bridgehead atoms. The third-order valence-electron chi connectivity index (χ3n) is 5.71. The fraction of sp³-hybridized carbons (Fsp3) is 0.462. The Labute approximate surface area is 221 Å². The van der Waals surface area contributed by atoms with Crippen LogP contribution in [-0.4, -0.2) is 35.4 Å². The highest BCUT2D eigenvalue weighted by molar-refractivity contribution is 9.10. The van der Waals surface area contributed by atoms with Crippen molar-refractivity contribution in [2.45, 2.75) is 72.0 Å². The first-order valence-corrected chi connectivity index (χ1v) is 12.9. The van der Waals surface area contributed by atoms with E-state index >= 15 is 0 Å². The number of amides is 2. The van der Waals surface area contributed by atoms with Crippen LogP contribution in [0.2, 0.25) is 10.0 Å². The SMILES string of the molecule is CC[C@H](C)NC(=O)[C@@H](C)N(Cc1c(Cl)cccc1Cl)C(=O)COc1ccc(C(C)(C)C)cc1Br. The van der Waals surface area contributed by atoms with Crippen LogP contribution < -0.4 is 10.1 Å². The zero-order valence-electron chi connectivity index (χ0n) is 20.5. The number of nitrogens with one attached hydrogen (secondary N) is 1. The minimum atomic E-state index is -0.746. The van der Waals surface area contributed by atoms with Crippen molar-refractivity contribution < 1.29 is 14.3 Å². The van der Waals surface area contributed by atoms with E-state index < -0.39 is 6.04 Å². The summed E-state index contributed by atoms with van der Waals surface area (Å²) in [6.07, 6.45) is 0.782. The van der Waals surface area contributed by atoms with Crippen LogP contribution in [0.1, 0.15) is 59.1 Å². The van der Waals surface area contributed by atoms with Gasteiger partial charge in [0.15, 0.2) is 6.61 Å². The molecule has 8 heteroatoms. The first-order chi connectivity index (χ1) is 15.8. The number of carbonyl (C=O) groups is 2. The van der Waals surface area contributed by atoms with Crippen LogP contribution >= 0.6 is 39.1 Å². The van der Waals surface area contributed by atoms with Crippen LogP contribution in [-0.2, 0) is 21.5 Å². The maximum Gasteiger partial charge on any atom is 0.261 e. The highest BCUT2D eigenvalue weighted by atomic mass is 79.9. The highest BCUT2D eigenvalue weighted by Gasteiger charge is 2.28. The zero-order valence-corrected chi connectivity index (χ0v) is 23.6. The number of hydrogen-bond donors (Lipinski definition) is 1. The molecule has 2 rings (SSSR count). The lowest BCUT2D eigenvalue weighted by atomic mass is 9.87. The Hall–Kier alpha value is -1.76. The average molecular weight is 572 g/mol. The summed E-state index contributed by atoms with van der Waals surface area (Å²) < 4.78 is 6.60. The largest absolute Gasteiger partial charge is 0.483 e. The van der Waals surface area contributed by atoms with E-state index in [0.29, 0.717) is 21.4 Å². The Balaban J connectivity index is 2.25. The number of ether oxygens (including phenoxy) is 1. The molecule has 0 heterocycles. The molecular weight excluding hydrogens is 539 g/mol. The molecule has 2 atom stereocenters. The summed E-state index contributed by atoms with van der Waals surface area (Å²) in [4.78, 5) is 27.6. The molecule has 0 saturated carbocycles. The summed E-state index contributed by atoms with van der Waals surface area (Å²) in [6, 6.07) is 10.2. The van der Waals surface area contributed by atoms with Crippen molar-refractivity contribution >= 4 is 50.9 Å². The van der Waals surface area contributed by atoms with Crippen molar-refractivity contribution in [2.24, 2.45) is 0 Å². The molecule has 0 aliphatic rings. The zero-order chi connectivity index (χ0) is 25.6. The fourth-order valence-electron chi connectivity index (χ4n) is 3.21. The molecule has 0 aromatic heterocycles. The van der Waals surface area contributed by atoms with Crippen LogP contribution in [0, 0.1) is 0 Å². The molecule has 5 nitrogen and oxygen atoms in total. The van der Waals surface area contributed by atoms with E-state index in [2.05, 4.69) is 42.0 Å². The first-order valence-electron chi connectivity index (χ1n) is 11.3. The van der Waals surface area contributed by atoms with Crippen LogP contribution in [0.4, 0.5) is 0 Å². The van der Waals surface area contributed by atoms with Crippen molar-refractivity contribution in [3.05, 3.63) is 62.0 Å². The van der Waals surface area contributed by atoms with Crippen molar-refractivity contribution in [2.75, 3.05) is 6.61 Å². The van der Waals surface area contributed by atoms with Gasteiger partial charge >= 0.3 is 0 Å². The van der Waals surface area contributed by atoms with Crippen LogP contribution in [0.3, 0.4) is 0 Å². The molecule has 0 fully saturated rings. The second-order valence-electron chi connectivity index (χ2n) is 9.40. The highest BCUT2D eigenvalue weighted by Crippen LogP contribution is 2.32. The topological polar surface area (TPSA) is 58.6 Å². The quantitative estimate of drug-likeness (QED) is 0.361. The smallest absolute Gasteiger partial charge is 0.261 e. The molecule has 2 amide bonds. The van der Waals surface area contributed by atoms with Gasteiger partial charge in [0.25, 0.3) is 5.91 Å². The molecule has 0 spiro atoms. The van der Waals surface area contributed by atoms with Gasteiger partial charge in [-0.2, -0.15) is 0 Å². The Morgan fingerprint density at radius 3 is 2.26 bits per heavy atom. The Morgan fingerprint density at radius 2 is 1.74 bits per heavy atom. The number of halogens is 3. The number of hydrogen-bond acceptors (Lipinski definition) is 3. The van der Waals surface area contributed by atoms with Gasteiger partial charge in [0.05, 0.1) is 4.47 Å². The van der Waals surface area contributed by atoms with Gasteiger partial charge in [-0.05, 0) is 71.4 Å². The Kier molecular flexibility index (Phi) is 10.3. The van der Waals surface area contributed by atoms with Crippen LogP contribution in [0.15, 0.2) is 40.9 Å². The van der Waals surface area contributed by atoms with E-state index in [-0.39, 0.29) is 36.4 Å². The monoisotopic (exact) mass is 570 g/mol. The average Bonchev–Trinajstić information content (AvgIpc) is 2.76. The van der Waals surface area contributed by atoms with Gasteiger partial charge in [0, 0.05) is 28.2 Å². The van der Waals surface area contributed by atoms with Crippen molar-refractivity contribution in [3.63, 3.8) is 0 Å². The molecular formula is C26H33BrCl2N2O3. The number of benzene rings is 2. The van der Waals surface area contributed by atoms with Crippen molar-refractivity contribution in [3.8, 4) is 5.75 Å². The third kappa shape index (κ3) is 7.62. The van der Waals surface area contributed by atoms with Gasteiger partial charge < -0.3 is 15.0 Å². The Bertz CT molecular complexity index is 1000. The molecule has 0 radical (unpaired) electrons. The second-order valence-corrected chi connectivity index (χ2v) is 11.1. The predicted octanol–water partition coefficient (Wildman–Crippen LogP) is 6.76. The van der Waals surface area contributed by atoms with Crippen molar-refractivity contribution in [1.82, 2.24) is 10.2 Å². The molecule has 0 aliphatic heterocycles. The molecule has 1 N–H and O–H groups in total. The van der Waals surface area contributed by atoms with Gasteiger partial charge in [-0.15, -0.1) is 0 Å². The summed E-state index contributed by atoms with van der Waals surface area (Å²) in [5.74, 6) is -0.0510. The van der Waals surface area contributed by atoms with Gasteiger partial charge in [-0.3, -0.25) is 9.59 Å². The number of nitrogens with zero attached hydrogens (tertiary/aromatic N) is 1. The molecule has 0 saturated heterocycles. The molecule has 0 aliphatic carbocycles. The van der Waals surface area contributed by atoms with E-state index in [1.165, 1.54) is 4.90 Å². The molecule has 34 heavy (non-hydrogen) atoms. The van der Waals surface area contributed by atoms with Gasteiger partial charge in [-0.25, -0.2) is 0 Å². The maximum absolute atomic E-state index is 13.3. The summed E-state index contributed by atoms with van der Waals surface area (Å²) >= 11 is 16.2. The summed E-state index contributed by atoms with van der Waals surface area (Å²) in [5.41, 5.74) is 1.71. The molecule has 186 valence electrons. The lowest BCUT2D eigenvalue weighted by molar-refractivity contribution is -0.142. The standard InChI is InChI=1S/C26H33BrCl2N2O3/c1-7-16(2)30-25(33)17(3)31(14-19-21(28)9-8-10-22(19)29)24(32)15-34-23-12-11-18(13-20(23)27)26(4,5)6/h8-13,16-17H,7,14-15H2,1-6H3,(H,30,33)/t16-,17+/m0/s1. The molecule has 0 unspecified atom stereocenters. The van der Waals surface area contributed by atoms with Gasteiger partial charge in [-0.1, -0.05) is 63.0 Å². The van der Waals surface area contributed by atoms with E-state index in [1.807, 2.05) is 32.0 Å². The normalized spacial score (nSPS) is 13.2. The van der Waals surface area contributed by atoms with E-state index in [4.69, 9.17) is 27.9 Å². The van der Waals surface area contributed by atoms with E-state index in [9.17, 15) is 9.59 Å². The Morgan fingerprint density at radius 1 is 1.12 bits per heavy atom. The van der Waals surface area contributed by atoms with E-state index in [0.717, 1.165) is 16.5 Å². The second kappa shape index (κ2) is 12.3. The lowest BCUT2D eigenvalue weighted by Crippen LogP contribution is -2.50. The molecule has 2 aromatic carbocycles. The summed E-state index contributed by atoms with van der Waals surface area (Å²) in [6.45, 7) is 11.8. The lowest BCUT2D eigenvalue weighted by Gasteiger charge is -2.30. The van der Waals surface area contributed by atoms with Crippen LogP contribution in [0.25, 0.3) is 0 Å².